The van der Waals surface area contributed by atoms with Crippen molar-refractivity contribution in [1.29, 1.82) is 0 Å². The Morgan fingerprint density at radius 1 is 1.21 bits per heavy atom. The predicted octanol–water partition coefficient (Wildman–Crippen LogP) is 2.79. The number of benzene rings is 1. The molecule has 0 bridgehead atoms. The molecule has 2 aromatic rings. The van der Waals surface area contributed by atoms with Gasteiger partial charge < -0.3 is 20.1 Å². The Kier molecular flexibility index (Phi) is 7.56. The smallest absolute Gasteiger partial charge is 0.194 e. The summed E-state index contributed by atoms with van der Waals surface area (Å²) >= 11 is 1.82. The lowest BCUT2D eigenvalue weighted by atomic mass is 10.1. The molecule has 7 heteroatoms. The fourth-order valence-corrected chi connectivity index (χ4v) is 4.13. The number of guanidine groups is 1. The summed E-state index contributed by atoms with van der Waals surface area (Å²) in [5.74, 6) is 1.68. The molecule has 0 aliphatic carbocycles. The molecule has 0 saturated carbocycles. The van der Waals surface area contributed by atoms with Gasteiger partial charge in [-0.1, -0.05) is 18.2 Å². The molecule has 0 spiro atoms. The average molecular weight is 403 g/mol. The summed E-state index contributed by atoms with van der Waals surface area (Å²) in [6.45, 7) is 8.63. The summed E-state index contributed by atoms with van der Waals surface area (Å²) in [5.41, 5.74) is 0.861. The molecular formula is C21H30N4O2S. The summed E-state index contributed by atoms with van der Waals surface area (Å²) < 4.78 is 5.18. The highest BCUT2D eigenvalue weighted by molar-refractivity contribution is 7.09. The third-order valence-corrected chi connectivity index (χ3v) is 5.77. The molecule has 6 nitrogen and oxygen atoms in total. The number of rotatable bonds is 7. The molecular weight excluding hydrogens is 372 g/mol. The lowest BCUT2D eigenvalue weighted by molar-refractivity contribution is 0.173. The third-order valence-electron chi connectivity index (χ3n) is 4.91. The second-order valence-electron chi connectivity index (χ2n) is 6.80. The minimum Gasteiger partial charge on any atom is -0.504 e. The van der Waals surface area contributed by atoms with E-state index in [1.807, 2.05) is 23.5 Å². The predicted molar refractivity (Wildman–Crippen MR) is 116 cm³/mol. The summed E-state index contributed by atoms with van der Waals surface area (Å²) in [7, 11) is 1.57. The fourth-order valence-electron chi connectivity index (χ4n) is 3.38. The van der Waals surface area contributed by atoms with E-state index >= 15 is 0 Å². The van der Waals surface area contributed by atoms with E-state index in [1.54, 1.807) is 13.2 Å². The van der Waals surface area contributed by atoms with Crippen LogP contribution in [0.5, 0.6) is 11.5 Å². The van der Waals surface area contributed by atoms with E-state index in [0.717, 1.165) is 50.8 Å². The van der Waals surface area contributed by atoms with Crippen LogP contribution in [-0.2, 0) is 13.0 Å². The largest absolute Gasteiger partial charge is 0.504 e. The van der Waals surface area contributed by atoms with Crippen LogP contribution in [0.25, 0.3) is 0 Å². The topological polar surface area (TPSA) is 60.3 Å². The monoisotopic (exact) mass is 402 g/mol. The van der Waals surface area contributed by atoms with Gasteiger partial charge in [0.1, 0.15) is 0 Å². The zero-order chi connectivity index (χ0) is 19.8. The number of aromatic hydroxyl groups is 1. The zero-order valence-electron chi connectivity index (χ0n) is 16.7. The number of hydrogen-bond acceptors (Lipinski definition) is 5. The number of methoxy groups -OCH3 is 1. The van der Waals surface area contributed by atoms with Crippen LogP contribution in [0.2, 0.25) is 0 Å². The minimum absolute atomic E-state index is 0.215. The van der Waals surface area contributed by atoms with Crippen LogP contribution in [-0.4, -0.2) is 67.2 Å². The molecule has 1 aromatic carbocycles. The molecule has 3 rings (SSSR count). The van der Waals surface area contributed by atoms with Crippen molar-refractivity contribution in [2.45, 2.75) is 19.9 Å². The maximum Gasteiger partial charge on any atom is 0.194 e. The lowest BCUT2D eigenvalue weighted by Crippen LogP contribution is -2.52. The van der Waals surface area contributed by atoms with Crippen molar-refractivity contribution in [3.8, 4) is 11.5 Å². The number of hydrogen-bond donors (Lipinski definition) is 2. The number of nitrogens with one attached hydrogen (secondary N) is 1. The molecule has 1 fully saturated rings. The van der Waals surface area contributed by atoms with Gasteiger partial charge in [0.15, 0.2) is 17.5 Å². The van der Waals surface area contributed by atoms with E-state index in [-0.39, 0.29) is 5.75 Å². The molecule has 0 unspecified atom stereocenters. The lowest BCUT2D eigenvalue weighted by Gasteiger charge is -2.36. The summed E-state index contributed by atoms with van der Waals surface area (Å²) in [6.07, 6.45) is 0.677. The minimum atomic E-state index is 0.215. The van der Waals surface area contributed by atoms with Crippen molar-refractivity contribution in [3.63, 3.8) is 0 Å². The fraction of sp³-hybridized carbons (Fsp3) is 0.476. The van der Waals surface area contributed by atoms with Gasteiger partial charge in [-0.2, -0.15) is 0 Å². The number of phenolic OH excluding ortho intramolecular Hbond substituents is 1. The highest BCUT2D eigenvalue weighted by Crippen LogP contribution is 2.29. The van der Waals surface area contributed by atoms with Crippen LogP contribution in [0, 0.1) is 0 Å². The molecule has 0 amide bonds. The Morgan fingerprint density at radius 2 is 2.04 bits per heavy atom. The maximum atomic E-state index is 10.2. The van der Waals surface area contributed by atoms with Gasteiger partial charge in [0, 0.05) is 50.7 Å². The molecule has 0 atom stereocenters. The molecule has 28 heavy (non-hydrogen) atoms. The number of piperazine rings is 1. The first-order chi connectivity index (χ1) is 13.7. The third kappa shape index (κ3) is 5.39. The summed E-state index contributed by atoms with van der Waals surface area (Å²) in [4.78, 5) is 11.0. The van der Waals surface area contributed by atoms with Crippen LogP contribution in [0.4, 0.5) is 0 Å². The van der Waals surface area contributed by atoms with Crippen LogP contribution in [0.1, 0.15) is 17.4 Å². The highest BCUT2D eigenvalue weighted by Gasteiger charge is 2.19. The van der Waals surface area contributed by atoms with Crippen molar-refractivity contribution >= 4 is 17.3 Å². The van der Waals surface area contributed by atoms with E-state index in [2.05, 4.69) is 39.6 Å². The quantitative estimate of drug-likeness (QED) is 0.551. The molecule has 1 saturated heterocycles. The van der Waals surface area contributed by atoms with Crippen LogP contribution < -0.4 is 10.1 Å². The number of para-hydroxylation sites is 1. The molecule has 1 aliphatic heterocycles. The van der Waals surface area contributed by atoms with Crippen molar-refractivity contribution in [3.05, 3.63) is 46.2 Å². The summed E-state index contributed by atoms with van der Waals surface area (Å²) in [6, 6.07) is 9.91. The zero-order valence-corrected chi connectivity index (χ0v) is 17.5. The van der Waals surface area contributed by atoms with Crippen LogP contribution >= 0.6 is 11.3 Å². The molecule has 0 radical (unpaired) electrons. The molecule has 2 heterocycles. The van der Waals surface area contributed by atoms with E-state index in [0.29, 0.717) is 18.7 Å². The van der Waals surface area contributed by atoms with E-state index in [4.69, 9.17) is 9.73 Å². The normalized spacial score (nSPS) is 15.6. The van der Waals surface area contributed by atoms with Crippen molar-refractivity contribution in [1.82, 2.24) is 15.1 Å². The summed E-state index contributed by atoms with van der Waals surface area (Å²) in [5, 5.41) is 15.8. The van der Waals surface area contributed by atoms with Gasteiger partial charge in [0.05, 0.1) is 7.11 Å². The Morgan fingerprint density at radius 3 is 2.71 bits per heavy atom. The average Bonchev–Trinajstić information content (AvgIpc) is 3.22. The van der Waals surface area contributed by atoms with Gasteiger partial charge in [-0.05, 0) is 36.4 Å². The molecule has 2 N–H and O–H groups in total. The Hall–Kier alpha value is -2.25. The van der Waals surface area contributed by atoms with Gasteiger partial charge in [-0.15, -0.1) is 11.3 Å². The second-order valence-corrected chi connectivity index (χ2v) is 7.83. The number of aliphatic imine (C=N–C) groups is 1. The standard InChI is InChI=1S/C21H30N4O2S/c1-3-22-21(23-10-9-17-6-4-8-19(27-2)20(17)26)25-13-11-24(12-14-25)16-18-7-5-15-28-18/h4-8,15,26H,3,9-14,16H2,1-2H3,(H,22,23). The first kappa shape index (κ1) is 20.5. The molecule has 1 aliphatic rings. The molecule has 152 valence electrons. The van der Waals surface area contributed by atoms with Gasteiger partial charge in [0.2, 0.25) is 0 Å². The van der Waals surface area contributed by atoms with E-state index < -0.39 is 0 Å². The van der Waals surface area contributed by atoms with Crippen molar-refractivity contribution in [2.75, 3.05) is 46.4 Å². The second kappa shape index (κ2) is 10.3. The Bertz CT molecular complexity index is 756. The van der Waals surface area contributed by atoms with Gasteiger partial charge >= 0.3 is 0 Å². The number of nitrogens with zero attached hydrogens (tertiary/aromatic N) is 3. The van der Waals surface area contributed by atoms with E-state index in [1.165, 1.54) is 4.88 Å². The maximum absolute atomic E-state index is 10.2. The first-order valence-corrected chi connectivity index (χ1v) is 10.7. The highest BCUT2D eigenvalue weighted by atomic mass is 32.1. The number of ether oxygens (including phenoxy) is 1. The number of thiophene rings is 1. The van der Waals surface area contributed by atoms with Gasteiger partial charge in [-0.25, -0.2) is 0 Å². The van der Waals surface area contributed by atoms with Crippen LogP contribution in [0.15, 0.2) is 40.7 Å². The van der Waals surface area contributed by atoms with Crippen LogP contribution in [0.3, 0.4) is 0 Å². The SMILES string of the molecule is CCNC(=NCCc1cccc(OC)c1O)N1CCN(Cc2cccs2)CC1. The Labute approximate surface area is 171 Å². The Balaban J connectivity index is 1.54. The van der Waals surface area contributed by atoms with Crippen molar-refractivity contribution in [2.24, 2.45) is 4.99 Å². The van der Waals surface area contributed by atoms with Gasteiger partial charge in [-0.3, -0.25) is 9.89 Å². The number of phenols is 1. The molecule has 1 aromatic heterocycles. The van der Waals surface area contributed by atoms with E-state index in [9.17, 15) is 5.11 Å². The van der Waals surface area contributed by atoms with Gasteiger partial charge in [0.25, 0.3) is 0 Å². The first-order valence-electron chi connectivity index (χ1n) is 9.84. The van der Waals surface area contributed by atoms with Crippen molar-refractivity contribution < 1.29 is 9.84 Å².